The van der Waals surface area contributed by atoms with Crippen molar-refractivity contribution in [2.24, 2.45) is 4.99 Å². The summed E-state index contributed by atoms with van der Waals surface area (Å²) in [5.74, 6) is 2.17. The number of anilines is 1. The smallest absolute Gasteiger partial charge is 0.195 e. The zero-order valence-electron chi connectivity index (χ0n) is 14.7. The molecule has 132 valence electrons. The second-order valence-electron chi connectivity index (χ2n) is 5.36. The maximum Gasteiger partial charge on any atom is 0.195 e. The second kappa shape index (κ2) is 9.82. The fraction of sp³-hybridized carbons (Fsp3) is 0.500. The van der Waals surface area contributed by atoms with E-state index in [0.717, 1.165) is 50.0 Å². The Morgan fingerprint density at radius 1 is 1.33 bits per heavy atom. The number of benzene rings is 1. The van der Waals surface area contributed by atoms with Crippen LogP contribution in [0.25, 0.3) is 0 Å². The van der Waals surface area contributed by atoms with E-state index in [4.69, 9.17) is 14.2 Å². The molecule has 0 aromatic heterocycles. The number of ether oxygens (including phenoxy) is 3. The van der Waals surface area contributed by atoms with E-state index in [9.17, 15) is 0 Å². The molecule has 0 saturated heterocycles. The lowest BCUT2D eigenvalue weighted by molar-refractivity contribution is 0.153. The van der Waals surface area contributed by atoms with Crippen molar-refractivity contribution >= 4 is 11.6 Å². The van der Waals surface area contributed by atoms with E-state index in [1.807, 2.05) is 25.1 Å². The van der Waals surface area contributed by atoms with E-state index in [1.165, 1.54) is 5.57 Å². The van der Waals surface area contributed by atoms with Gasteiger partial charge in [0.25, 0.3) is 0 Å². The monoisotopic (exact) mass is 333 g/mol. The van der Waals surface area contributed by atoms with Crippen LogP contribution in [-0.4, -0.2) is 46.5 Å². The first-order valence-corrected chi connectivity index (χ1v) is 8.31. The molecule has 1 heterocycles. The van der Waals surface area contributed by atoms with E-state index < -0.39 is 0 Å². The van der Waals surface area contributed by atoms with Gasteiger partial charge in [0, 0.05) is 25.3 Å². The van der Waals surface area contributed by atoms with Gasteiger partial charge in [-0.1, -0.05) is 11.6 Å². The number of hydrogen-bond donors (Lipinski definition) is 2. The summed E-state index contributed by atoms with van der Waals surface area (Å²) in [6.45, 7) is 4.94. The van der Waals surface area contributed by atoms with Crippen molar-refractivity contribution in [2.45, 2.75) is 19.8 Å². The van der Waals surface area contributed by atoms with Crippen LogP contribution in [0.3, 0.4) is 0 Å². The zero-order chi connectivity index (χ0) is 17.2. The fourth-order valence-corrected chi connectivity index (χ4v) is 2.47. The van der Waals surface area contributed by atoms with Crippen LogP contribution in [-0.2, 0) is 4.74 Å². The predicted molar refractivity (Wildman–Crippen MR) is 97.3 cm³/mol. The van der Waals surface area contributed by atoms with Crippen LogP contribution in [0.4, 0.5) is 5.69 Å². The van der Waals surface area contributed by atoms with Gasteiger partial charge in [-0.2, -0.15) is 0 Å². The van der Waals surface area contributed by atoms with Gasteiger partial charge in [0.15, 0.2) is 17.5 Å². The standard InChI is InChI=1S/C18H27N3O3/c1-4-24-16-6-5-15(13-17(16)22-3)21-18(19-2)20-10-7-14-8-11-23-12-9-14/h5-6,8,13H,4,7,9-12H2,1-3H3,(H2,19,20,21). The Morgan fingerprint density at radius 2 is 2.21 bits per heavy atom. The van der Waals surface area contributed by atoms with E-state index in [1.54, 1.807) is 14.2 Å². The molecule has 6 nitrogen and oxygen atoms in total. The summed E-state index contributed by atoms with van der Waals surface area (Å²) in [5, 5.41) is 6.60. The number of rotatable bonds is 7. The van der Waals surface area contributed by atoms with Gasteiger partial charge in [-0.05, 0) is 31.9 Å². The average Bonchev–Trinajstić information content (AvgIpc) is 2.63. The summed E-state index contributed by atoms with van der Waals surface area (Å²) in [4.78, 5) is 4.26. The van der Waals surface area contributed by atoms with Crippen LogP contribution in [0.2, 0.25) is 0 Å². The van der Waals surface area contributed by atoms with Gasteiger partial charge in [0.05, 0.1) is 26.9 Å². The highest BCUT2D eigenvalue weighted by Gasteiger charge is 2.07. The van der Waals surface area contributed by atoms with E-state index >= 15 is 0 Å². The van der Waals surface area contributed by atoms with Crippen molar-refractivity contribution in [2.75, 3.05) is 45.8 Å². The summed E-state index contributed by atoms with van der Waals surface area (Å²) in [6, 6.07) is 5.74. The Labute approximate surface area is 143 Å². The predicted octanol–water partition coefficient (Wildman–Crippen LogP) is 2.82. The molecule has 0 unspecified atom stereocenters. The summed E-state index contributed by atoms with van der Waals surface area (Å²) in [5.41, 5.74) is 2.33. The second-order valence-corrected chi connectivity index (χ2v) is 5.36. The minimum Gasteiger partial charge on any atom is -0.493 e. The summed E-state index contributed by atoms with van der Waals surface area (Å²) >= 11 is 0. The highest BCUT2D eigenvalue weighted by atomic mass is 16.5. The average molecular weight is 333 g/mol. The maximum absolute atomic E-state index is 5.53. The molecular formula is C18H27N3O3. The molecule has 0 radical (unpaired) electrons. The maximum atomic E-state index is 5.53. The molecule has 1 aliphatic rings. The summed E-state index contributed by atoms with van der Waals surface area (Å²) in [7, 11) is 3.39. The van der Waals surface area contributed by atoms with Crippen LogP contribution in [0.1, 0.15) is 19.8 Å². The first-order chi connectivity index (χ1) is 11.8. The molecule has 1 aromatic rings. The summed E-state index contributed by atoms with van der Waals surface area (Å²) < 4.78 is 16.2. The highest BCUT2D eigenvalue weighted by molar-refractivity contribution is 5.93. The number of nitrogens with one attached hydrogen (secondary N) is 2. The third kappa shape index (κ3) is 5.45. The Morgan fingerprint density at radius 3 is 2.88 bits per heavy atom. The van der Waals surface area contributed by atoms with Crippen LogP contribution >= 0.6 is 0 Å². The van der Waals surface area contributed by atoms with Crippen LogP contribution < -0.4 is 20.1 Å². The fourth-order valence-electron chi connectivity index (χ4n) is 2.47. The minimum absolute atomic E-state index is 0.604. The first kappa shape index (κ1) is 18.1. The first-order valence-electron chi connectivity index (χ1n) is 8.31. The molecular weight excluding hydrogens is 306 g/mol. The Hall–Kier alpha value is -2.21. The lowest BCUT2D eigenvalue weighted by atomic mass is 10.1. The van der Waals surface area contributed by atoms with Crippen LogP contribution in [0, 0.1) is 0 Å². The quantitative estimate of drug-likeness (QED) is 0.456. The zero-order valence-corrected chi connectivity index (χ0v) is 14.7. The number of guanidine groups is 1. The minimum atomic E-state index is 0.604. The molecule has 0 bridgehead atoms. The van der Waals surface area contributed by atoms with Gasteiger partial charge >= 0.3 is 0 Å². The molecule has 0 atom stereocenters. The molecule has 0 spiro atoms. The van der Waals surface area contributed by atoms with Gasteiger partial charge in [0.2, 0.25) is 0 Å². The Kier molecular flexibility index (Phi) is 7.42. The van der Waals surface area contributed by atoms with Gasteiger partial charge in [-0.15, -0.1) is 0 Å². The molecule has 0 saturated carbocycles. The number of nitrogens with zero attached hydrogens (tertiary/aromatic N) is 1. The SMILES string of the molecule is CCOc1ccc(NC(=NC)NCCC2=CCOCC2)cc1OC. The van der Waals surface area contributed by atoms with E-state index in [-0.39, 0.29) is 0 Å². The lowest BCUT2D eigenvalue weighted by Crippen LogP contribution is -2.31. The number of aliphatic imine (C=N–C) groups is 1. The molecule has 24 heavy (non-hydrogen) atoms. The largest absolute Gasteiger partial charge is 0.493 e. The highest BCUT2D eigenvalue weighted by Crippen LogP contribution is 2.30. The lowest BCUT2D eigenvalue weighted by Gasteiger charge is -2.16. The van der Waals surface area contributed by atoms with Crippen molar-refractivity contribution in [3.8, 4) is 11.5 Å². The third-order valence-electron chi connectivity index (χ3n) is 3.75. The molecule has 2 N–H and O–H groups in total. The van der Waals surface area contributed by atoms with Crippen molar-refractivity contribution in [3.05, 3.63) is 29.8 Å². The van der Waals surface area contributed by atoms with Crippen LogP contribution in [0.5, 0.6) is 11.5 Å². The van der Waals surface area contributed by atoms with Gasteiger partial charge in [0.1, 0.15) is 0 Å². The van der Waals surface area contributed by atoms with Crippen molar-refractivity contribution in [1.82, 2.24) is 5.32 Å². The van der Waals surface area contributed by atoms with E-state index in [2.05, 4.69) is 21.7 Å². The van der Waals surface area contributed by atoms with Crippen molar-refractivity contribution in [1.29, 1.82) is 0 Å². The normalized spacial score (nSPS) is 14.8. The molecule has 2 rings (SSSR count). The molecule has 0 aliphatic carbocycles. The Bertz CT molecular complexity index is 585. The number of hydrogen-bond acceptors (Lipinski definition) is 4. The third-order valence-corrected chi connectivity index (χ3v) is 3.75. The topological polar surface area (TPSA) is 64.1 Å². The molecule has 1 aromatic carbocycles. The van der Waals surface area contributed by atoms with Crippen molar-refractivity contribution < 1.29 is 14.2 Å². The summed E-state index contributed by atoms with van der Waals surface area (Å²) in [6.07, 6.45) is 4.18. The molecule has 1 aliphatic heterocycles. The van der Waals surface area contributed by atoms with Gasteiger partial charge in [-0.3, -0.25) is 4.99 Å². The molecule has 0 fully saturated rings. The van der Waals surface area contributed by atoms with Gasteiger partial charge < -0.3 is 24.8 Å². The number of methoxy groups -OCH3 is 1. The van der Waals surface area contributed by atoms with Crippen molar-refractivity contribution in [3.63, 3.8) is 0 Å². The Balaban J connectivity index is 1.88. The molecule has 6 heteroatoms. The molecule has 0 amide bonds. The van der Waals surface area contributed by atoms with Gasteiger partial charge in [-0.25, -0.2) is 0 Å². The van der Waals surface area contributed by atoms with E-state index in [0.29, 0.717) is 12.4 Å². The van der Waals surface area contributed by atoms with Crippen LogP contribution in [0.15, 0.2) is 34.8 Å².